The van der Waals surface area contributed by atoms with Gasteiger partial charge in [-0.25, -0.2) is 4.39 Å². The maximum Gasteiger partial charge on any atom is 0.253 e. The molecule has 0 spiro atoms. The van der Waals surface area contributed by atoms with E-state index in [-0.39, 0.29) is 31.0 Å². The Hall–Kier alpha value is -2.31. The van der Waals surface area contributed by atoms with Crippen LogP contribution in [0.2, 0.25) is 0 Å². The average Bonchev–Trinajstić information content (AvgIpc) is 2.69. The monoisotopic (exact) mass is 360 g/mol. The molecule has 1 aromatic carbocycles. The summed E-state index contributed by atoms with van der Waals surface area (Å²) in [5, 5.41) is 18.3. The van der Waals surface area contributed by atoms with Crippen molar-refractivity contribution >= 4 is 5.91 Å². The van der Waals surface area contributed by atoms with E-state index in [9.17, 15) is 9.18 Å². The van der Waals surface area contributed by atoms with Crippen LogP contribution >= 0.6 is 0 Å². The van der Waals surface area contributed by atoms with Crippen molar-refractivity contribution in [3.8, 4) is 11.3 Å². The first-order valence-corrected chi connectivity index (χ1v) is 8.88. The topological polar surface area (TPSA) is 82.5 Å². The van der Waals surface area contributed by atoms with Gasteiger partial charge in [-0.3, -0.25) is 9.78 Å². The number of aliphatic hydroxyl groups excluding tert-OH is 2. The summed E-state index contributed by atoms with van der Waals surface area (Å²) in [6.45, 7) is -0.250. The van der Waals surface area contributed by atoms with E-state index in [1.807, 2.05) is 0 Å². The molecule has 1 saturated carbocycles. The maximum absolute atomic E-state index is 13.2. The van der Waals surface area contributed by atoms with E-state index >= 15 is 0 Å². The summed E-state index contributed by atoms with van der Waals surface area (Å²) in [5.74, 6) is -0.372. The fourth-order valence-electron chi connectivity index (χ4n) is 2.86. The number of halogens is 1. The van der Waals surface area contributed by atoms with Gasteiger partial charge in [-0.1, -0.05) is 31.4 Å². The Morgan fingerprint density at radius 2 is 1.85 bits per heavy atom. The van der Waals surface area contributed by atoms with E-state index in [0.717, 1.165) is 12.8 Å². The number of carbonyl (C=O) groups excluding carboxylic acids is 1. The van der Waals surface area contributed by atoms with Crippen LogP contribution in [0.25, 0.3) is 11.3 Å². The summed E-state index contributed by atoms with van der Waals surface area (Å²) in [6.07, 6.45) is 7.29. The summed E-state index contributed by atoms with van der Waals surface area (Å²) in [7, 11) is 0. The highest BCUT2D eigenvalue weighted by Gasteiger charge is 2.16. The molecule has 1 heterocycles. The van der Waals surface area contributed by atoms with Crippen molar-refractivity contribution in [2.24, 2.45) is 0 Å². The van der Waals surface area contributed by atoms with Crippen molar-refractivity contribution in [1.29, 1.82) is 0 Å². The molecule has 5 nitrogen and oxygen atoms in total. The van der Waals surface area contributed by atoms with Gasteiger partial charge in [0, 0.05) is 17.8 Å². The van der Waals surface area contributed by atoms with Crippen molar-refractivity contribution < 1.29 is 19.4 Å². The third kappa shape index (κ3) is 6.20. The van der Waals surface area contributed by atoms with Gasteiger partial charge in [-0.15, -0.1) is 0 Å². The third-order valence-electron chi connectivity index (χ3n) is 4.19. The van der Waals surface area contributed by atoms with Gasteiger partial charge in [-0.2, -0.15) is 0 Å². The predicted molar refractivity (Wildman–Crippen MR) is 98.1 cm³/mol. The Bertz CT molecular complexity index is 684. The zero-order valence-electron chi connectivity index (χ0n) is 14.7. The summed E-state index contributed by atoms with van der Waals surface area (Å²) < 4.78 is 13.2. The van der Waals surface area contributed by atoms with Crippen molar-refractivity contribution in [3.05, 3.63) is 54.0 Å². The molecule has 1 aliphatic rings. The number of rotatable bonds is 4. The molecule has 0 saturated heterocycles. The fourth-order valence-corrected chi connectivity index (χ4v) is 2.86. The van der Waals surface area contributed by atoms with Crippen LogP contribution in [0, 0.1) is 5.82 Å². The minimum absolute atomic E-state index is 0.0785. The zero-order valence-corrected chi connectivity index (χ0v) is 14.7. The summed E-state index contributed by atoms with van der Waals surface area (Å²) in [5.41, 5.74) is 1.92. The van der Waals surface area contributed by atoms with Crippen LogP contribution in [0.3, 0.4) is 0 Å². The number of benzene rings is 1. The number of aromatic nitrogens is 1. The molecule has 140 valence electrons. The Kier molecular flexibility index (Phi) is 8.18. The Labute approximate surface area is 152 Å². The van der Waals surface area contributed by atoms with Crippen LogP contribution in [0.4, 0.5) is 4.39 Å². The Morgan fingerprint density at radius 3 is 2.42 bits per heavy atom. The molecule has 0 unspecified atom stereocenters. The first-order valence-electron chi connectivity index (χ1n) is 8.88. The number of hydrogen-bond acceptors (Lipinski definition) is 4. The average molecular weight is 360 g/mol. The summed E-state index contributed by atoms with van der Waals surface area (Å²) in [4.78, 5) is 16.5. The Balaban J connectivity index is 0.000000552. The molecular formula is C20H25FN2O3. The lowest BCUT2D eigenvalue weighted by atomic mass is 9.95. The Morgan fingerprint density at radius 1 is 1.12 bits per heavy atom. The molecule has 2 aromatic rings. The van der Waals surface area contributed by atoms with Crippen molar-refractivity contribution in [1.82, 2.24) is 10.3 Å². The van der Waals surface area contributed by atoms with Crippen LogP contribution in [0.15, 0.2) is 42.6 Å². The van der Waals surface area contributed by atoms with Gasteiger partial charge in [0.15, 0.2) is 0 Å². The number of carbonyl (C=O) groups is 1. The number of hydrogen-bond donors (Lipinski definition) is 3. The number of aliphatic hydroxyl groups is 2. The number of amides is 1. The number of nitrogens with zero attached hydrogens (tertiary/aromatic N) is 1. The number of nitrogens with one attached hydrogen (secondary N) is 1. The van der Waals surface area contributed by atoms with Crippen LogP contribution in [-0.2, 0) is 0 Å². The SMILES string of the molecule is O=C(NC1CCCCC1)c1ccc(-c2cccc(F)c2)nc1.OCCO. The van der Waals surface area contributed by atoms with Crippen LogP contribution in [0.1, 0.15) is 42.5 Å². The molecular weight excluding hydrogens is 335 g/mol. The van der Waals surface area contributed by atoms with Gasteiger partial charge in [0.1, 0.15) is 5.82 Å². The van der Waals surface area contributed by atoms with Crippen molar-refractivity contribution in [2.75, 3.05) is 13.2 Å². The highest BCUT2D eigenvalue weighted by Crippen LogP contribution is 2.19. The van der Waals surface area contributed by atoms with Crippen molar-refractivity contribution in [3.63, 3.8) is 0 Å². The largest absolute Gasteiger partial charge is 0.394 e. The van der Waals surface area contributed by atoms with Gasteiger partial charge >= 0.3 is 0 Å². The van der Waals surface area contributed by atoms with E-state index in [4.69, 9.17) is 10.2 Å². The molecule has 6 heteroatoms. The number of pyridine rings is 1. The standard InChI is InChI=1S/C18H19FN2O.C2H6O2/c19-15-6-4-5-13(11-15)17-10-9-14(12-20-17)18(22)21-16-7-2-1-3-8-16;3-1-2-4/h4-6,9-12,16H,1-3,7-8H2,(H,21,22);3-4H,1-2H2. The minimum atomic E-state index is -0.293. The maximum atomic E-state index is 13.2. The fraction of sp³-hybridized carbons (Fsp3) is 0.400. The van der Waals surface area contributed by atoms with Crippen LogP contribution < -0.4 is 5.32 Å². The smallest absolute Gasteiger partial charge is 0.253 e. The lowest BCUT2D eigenvalue weighted by molar-refractivity contribution is 0.0927. The lowest BCUT2D eigenvalue weighted by Crippen LogP contribution is -2.36. The van der Waals surface area contributed by atoms with Crippen LogP contribution in [-0.4, -0.2) is 40.4 Å². The second-order valence-corrected chi connectivity index (χ2v) is 6.20. The molecule has 1 aliphatic carbocycles. The molecule has 0 radical (unpaired) electrons. The molecule has 0 atom stereocenters. The van der Waals surface area contributed by atoms with Crippen LogP contribution in [0.5, 0.6) is 0 Å². The molecule has 3 rings (SSSR count). The first-order chi connectivity index (χ1) is 12.6. The summed E-state index contributed by atoms with van der Waals surface area (Å²) >= 11 is 0. The van der Waals surface area contributed by atoms with E-state index in [1.54, 1.807) is 30.5 Å². The van der Waals surface area contributed by atoms with Gasteiger partial charge in [0.2, 0.25) is 0 Å². The normalized spacial score (nSPS) is 14.3. The van der Waals surface area contributed by atoms with E-state index in [2.05, 4.69) is 10.3 Å². The molecule has 26 heavy (non-hydrogen) atoms. The highest BCUT2D eigenvalue weighted by atomic mass is 19.1. The lowest BCUT2D eigenvalue weighted by Gasteiger charge is -2.22. The van der Waals surface area contributed by atoms with Gasteiger partial charge in [0.25, 0.3) is 5.91 Å². The first kappa shape index (κ1) is 20.0. The molecule has 1 amide bonds. The molecule has 3 N–H and O–H groups in total. The minimum Gasteiger partial charge on any atom is -0.394 e. The molecule has 1 aromatic heterocycles. The molecule has 0 bridgehead atoms. The van der Waals surface area contributed by atoms with Gasteiger partial charge in [0.05, 0.1) is 24.5 Å². The quantitative estimate of drug-likeness (QED) is 0.783. The van der Waals surface area contributed by atoms with Crippen molar-refractivity contribution in [2.45, 2.75) is 38.1 Å². The van der Waals surface area contributed by atoms with E-state index in [0.29, 0.717) is 16.8 Å². The second kappa shape index (κ2) is 10.6. The second-order valence-electron chi connectivity index (χ2n) is 6.20. The van der Waals surface area contributed by atoms with Gasteiger partial charge < -0.3 is 15.5 Å². The van der Waals surface area contributed by atoms with Gasteiger partial charge in [-0.05, 0) is 37.1 Å². The summed E-state index contributed by atoms with van der Waals surface area (Å²) in [6, 6.07) is 10.1. The third-order valence-corrected chi connectivity index (χ3v) is 4.19. The molecule has 0 aliphatic heterocycles. The predicted octanol–water partition coefficient (Wildman–Crippen LogP) is 2.92. The molecule has 1 fully saturated rings. The zero-order chi connectivity index (χ0) is 18.8. The van der Waals surface area contributed by atoms with E-state index < -0.39 is 0 Å². The van der Waals surface area contributed by atoms with E-state index in [1.165, 1.54) is 31.4 Å². The highest BCUT2D eigenvalue weighted by molar-refractivity contribution is 5.94.